The minimum absolute atomic E-state index is 0.0435. The number of alkyl halides is 1. The van der Waals surface area contributed by atoms with Gasteiger partial charge in [0.15, 0.2) is 0 Å². The van der Waals surface area contributed by atoms with E-state index in [9.17, 15) is 0 Å². The maximum Gasteiger partial charge on any atom is 0.0929 e. The van der Waals surface area contributed by atoms with Gasteiger partial charge in [-0.3, -0.25) is 0 Å². The second-order valence-corrected chi connectivity index (χ2v) is 5.79. The molecule has 0 aliphatic carbocycles. The highest BCUT2D eigenvalue weighted by atomic mass is 127. The van der Waals surface area contributed by atoms with Gasteiger partial charge in [-0.05, 0) is 12.0 Å². The van der Waals surface area contributed by atoms with E-state index in [2.05, 4.69) is 36.4 Å². The summed E-state index contributed by atoms with van der Waals surface area (Å²) in [7, 11) is 0. The minimum atomic E-state index is 0.0435. The lowest BCUT2D eigenvalue weighted by Crippen LogP contribution is -2.13. The number of hydrogen-bond donors (Lipinski definition) is 0. The largest absolute Gasteiger partial charge is 0.379 e. The van der Waals surface area contributed by atoms with Crippen LogP contribution in [0.4, 0.5) is 0 Å². The summed E-state index contributed by atoms with van der Waals surface area (Å²) >= 11 is 8.48. The van der Waals surface area contributed by atoms with Gasteiger partial charge in [-0.1, -0.05) is 66.2 Å². The van der Waals surface area contributed by atoms with Crippen LogP contribution in [0, 0.1) is 5.92 Å². The van der Waals surface area contributed by atoms with Crippen LogP contribution >= 0.6 is 34.2 Å². The van der Waals surface area contributed by atoms with Gasteiger partial charge in [0.05, 0.1) is 19.3 Å². The van der Waals surface area contributed by atoms with E-state index in [0.717, 1.165) is 21.6 Å². The summed E-state index contributed by atoms with van der Waals surface area (Å²) in [5, 5.41) is 0.766. The molecule has 0 saturated heterocycles. The predicted molar refractivity (Wildman–Crippen MR) is 84.7 cm³/mol. The molecule has 1 aromatic rings. The Balaban J connectivity index is 2.36. The maximum absolute atomic E-state index is 6.16. The average molecular weight is 383 g/mol. The van der Waals surface area contributed by atoms with Gasteiger partial charge in [-0.25, -0.2) is 0 Å². The topological polar surface area (TPSA) is 18.5 Å². The van der Waals surface area contributed by atoms with Gasteiger partial charge in [0.25, 0.3) is 0 Å². The second kappa shape index (κ2) is 9.13. The highest BCUT2D eigenvalue weighted by Gasteiger charge is 2.13. The van der Waals surface area contributed by atoms with Gasteiger partial charge >= 0.3 is 0 Å². The Hall–Kier alpha value is 0.160. The number of rotatable bonds is 8. The maximum atomic E-state index is 6.16. The highest BCUT2D eigenvalue weighted by Crippen LogP contribution is 2.26. The summed E-state index contributed by atoms with van der Waals surface area (Å²) in [5.41, 5.74) is 1.05. The third kappa shape index (κ3) is 5.87. The molecular formula is C14H20ClIO2. The Bertz CT molecular complexity index is 344. The van der Waals surface area contributed by atoms with E-state index in [1.54, 1.807) is 0 Å². The van der Waals surface area contributed by atoms with Crippen molar-refractivity contribution in [1.29, 1.82) is 0 Å². The molecule has 0 heterocycles. The van der Waals surface area contributed by atoms with Gasteiger partial charge in [-0.2, -0.15) is 0 Å². The quantitative estimate of drug-likeness (QED) is 0.374. The van der Waals surface area contributed by atoms with E-state index in [0.29, 0.717) is 19.1 Å². The molecule has 0 radical (unpaired) electrons. The summed E-state index contributed by atoms with van der Waals surface area (Å²) < 4.78 is 12.2. The molecule has 0 aliphatic rings. The first-order chi connectivity index (χ1) is 8.65. The van der Waals surface area contributed by atoms with Crippen molar-refractivity contribution < 1.29 is 9.47 Å². The van der Waals surface area contributed by atoms with Crippen molar-refractivity contribution in [2.45, 2.75) is 20.0 Å². The number of hydrogen-bond acceptors (Lipinski definition) is 2. The van der Waals surface area contributed by atoms with Crippen LogP contribution in [-0.4, -0.2) is 24.2 Å². The fourth-order valence-electron chi connectivity index (χ4n) is 1.52. The van der Waals surface area contributed by atoms with Crippen molar-refractivity contribution in [1.82, 2.24) is 0 Å². The van der Waals surface area contributed by atoms with Crippen LogP contribution < -0.4 is 0 Å². The van der Waals surface area contributed by atoms with E-state index in [1.807, 2.05) is 24.3 Å². The Labute approximate surface area is 128 Å². The lowest BCUT2D eigenvalue weighted by atomic mass is 10.1. The number of ether oxygens (including phenoxy) is 2. The zero-order valence-corrected chi connectivity index (χ0v) is 13.8. The molecule has 2 nitrogen and oxygen atoms in total. The summed E-state index contributed by atoms with van der Waals surface area (Å²) in [4.78, 5) is 0. The van der Waals surface area contributed by atoms with Crippen molar-refractivity contribution in [3.8, 4) is 0 Å². The normalized spacial score (nSPS) is 12.9. The standard InChI is InChI=1S/C14H20ClIO2/c1-11(2)10-17-7-8-18-14(9-16)12-5-3-4-6-13(12)15/h3-6,11,14H,7-10H2,1-2H3. The molecule has 102 valence electrons. The molecule has 0 spiro atoms. The summed E-state index contributed by atoms with van der Waals surface area (Å²) in [5.74, 6) is 0.564. The molecule has 0 bridgehead atoms. The molecule has 1 aromatic carbocycles. The van der Waals surface area contributed by atoms with Crippen molar-refractivity contribution in [2.75, 3.05) is 24.2 Å². The molecular weight excluding hydrogens is 363 g/mol. The minimum Gasteiger partial charge on any atom is -0.379 e. The molecule has 4 heteroatoms. The van der Waals surface area contributed by atoms with Gasteiger partial charge in [0.2, 0.25) is 0 Å². The fraction of sp³-hybridized carbons (Fsp3) is 0.571. The van der Waals surface area contributed by atoms with E-state index in [4.69, 9.17) is 21.1 Å². The smallest absolute Gasteiger partial charge is 0.0929 e. The first-order valence-corrected chi connectivity index (χ1v) is 8.05. The van der Waals surface area contributed by atoms with Gasteiger partial charge < -0.3 is 9.47 Å². The fourth-order valence-corrected chi connectivity index (χ4v) is 2.51. The summed E-state index contributed by atoms with van der Waals surface area (Å²) in [6.45, 7) is 6.29. The molecule has 0 N–H and O–H groups in total. The van der Waals surface area contributed by atoms with Crippen LogP contribution in [0.15, 0.2) is 24.3 Å². The molecule has 18 heavy (non-hydrogen) atoms. The predicted octanol–water partition coefficient (Wildman–Crippen LogP) is 4.51. The van der Waals surface area contributed by atoms with Crippen LogP contribution in [0.5, 0.6) is 0 Å². The molecule has 1 rings (SSSR count). The molecule has 1 unspecified atom stereocenters. The van der Waals surface area contributed by atoms with E-state index in [1.165, 1.54) is 0 Å². The van der Waals surface area contributed by atoms with Crippen molar-refractivity contribution in [3.05, 3.63) is 34.9 Å². The Morgan fingerprint density at radius 2 is 1.94 bits per heavy atom. The van der Waals surface area contributed by atoms with Gasteiger partial charge in [0.1, 0.15) is 0 Å². The van der Waals surface area contributed by atoms with Crippen LogP contribution in [0.1, 0.15) is 25.5 Å². The average Bonchev–Trinajstić information content (AvgIpc) is 2.35. The molecule has 0 aromatic heterocycles. The van der Waals surface area contributed by atoms with Crippen molar-refractivity contribution >= 4 is 34.2 Å². The SMILES string of the molecule is CC(C)COCCOC(CI)c1ccccc1Cl. The third-order valence-electron chi connectivity index (χ3n) is 2.39. The molecule has 0 fully saturated rings. The Kier molecular flexibility index (Phi) is 8.22. The van der Waals surface area contributed by atoms with Crippen LogP contribution in [0.25, 0.3) is 0 Å². The summed E-state index contributed by atoms with van der Waals surface area (Å²) in [6.07, 6.45) is 0.0435. The zero-order valence-electron chi connectivity index (χ0n) is 10.9. The van der Waals surface area contributed by atoms with Crippen molar-refractivity contribution in [2.24, 2.45) is 5.92 Å². The number of halogens is 2. The molecule has 0 amide bonds. The van der Waals surface area contributed by atoms with Crippen LogP contribution in [0.2, 0.25) is 5.02 Å². The monoisotopic (exact) mass is 382 g/mol. The Morgan fingerprint density at radius 3 is 2.56 bits per heavy atom. The number of benzene rings is 1. The van der Waals surface area contributed by atoms with Gasteiger partial charge in [0, 0.05) is 21.6 Å². The third-order valence-corrected chi connectivity index (χ3v) is 3.53. The van der Waals surface area contributed by atoms with E-state index in [-0.39, 0.29) is 6.10 Å². The lowest BCUT2D eigenvalue weighted by Gasteiger charge is -2.17. The van der Waals surface area contributed by atoms with Crippen molar-refractivity contribution in [3.63, 3.8) is 0 Å². The molecule has 0 aliphatic heterocycles. The van der Waals surface area contributed by atoms with E-state index < -0.39 is 0 Å². The first-order valence-electron chi connectivity index (χ1n) is 6.15. The van der Waals surface area contributed by atoms with Crippen LogP contribution in [-0.2, 0) is 9.47 Å². The Morgan fingerprint density at radius 1 is 1.22 bits per heavy atom. The van der Waals surface area contributed by atoms with Crippen LogP contribution in [0.3, 0.4) is 0 Å². The molecule has 0 saturated carbocycles. The summed E-state index contributed by atoms with van der Waals surface area (Å²) in [6, 6.07) is 7.83. The highest BCUT2D eigenvalue weighted by molar-refractivity contribution is 14.1. The zero-order chi connectivity index (χ0) is 13.4. The van der Waals surface area contributed by atoms with Gasteiger partial charge in [-0.15, -0.1) is 0 Å². The first kappa shape index (κ1) is 16.2. The molecule has 1 atom stereocenters. The lowest BCUT2D eigenvalue weighted by molar-refractivity contribution is 0.00823. The second-order valence-electron chi connectivity index (χ2n) is 4.50. The van der Waals surface area contributed by atoms with E-state index >= 15 is 0 Å².